The van der Waals surface area contributed by atoms with E-state index in [0.29, 0.717) is 29.7 Å². The van der Waals surface area contributed by atoms with Gasteiger partial charge in [-0.15, -0.1) is 0 Å². The van der Waals surface area contributed by atoms with Gasteiger partial charge in [0.25, 0.3) is 5.91 Å². The minimum Gasteiger partial charge on any atom is -0.508 e. The Kier molecular flexibility index (Phi) is 13.9. The first-order valence-electron chi connectivity index (χ1n) is 15.8. The van der Waals surface area contributed by atoms with Crippen LogP contribution in [0.2, 0.25) is 5.02 Å². The Bertz CT molecular complexity index is 1510. The normalized spacial score (nSPS) is 18.9. The third-order valence-corrected chi connectivity index (χ3v) is 8.90. The van der Waals surface area contributed by atoms with Crippen LogP contribution in [0.5, 0.6) is 17.2 Å². The van der Waals surface area contributed by atoms with Gasteiger partial charge in [0, 0.05) is 63.1 Å². The zero-order chi connectivity index (χ0) is 38.3. The first-order chi connectivity index (χ1) is 23.6. The van der Waals surface area contributed by atoms with E-state index in [-0.39, 0.29) is 23.9 Å². The number of hydrogen-bond donors (Lipinski definition) is 4. The van der Waals surface area contributed by atoms with Gasteiger partial charge >= 0.3 is 24.3 Å². The van der Waals surface area contributed by atoms with E-state index in [1.807, 2.05) is 23.1 Å². The highest BCUT2D eigenvalue weighted by molar-refractivity contribution is 6.30. The molecule has 0 unspecified atom stereocenters. The molecule has 0 aliphatic carbocycles. The van der Waals surface area contributed by atoms with E-state index in [1.165, 1.54) is 17.7 Å². The molecule has 2 atom stereocenters. The van der Waals surface area contributed by atoms with E-state index in [9.17, 15) is 41.4 Å². The van der Waals surface area contributed by atoms with Gasteiger partial charge in [0.05, 0.1) is 5.56 Å². The highest BCUT2D eigenvalue weighted by Gasteiger charge is 2.42. The van der Waals surface area contributed by atoms with Crippen molar-refractivity contribution in [3.8, 4) is 17.2 Å². The molecule has 2 aromatic carbocycles. The molecule has 0 saturated carbocycles. The van der Waals surface area contributed by atoms with E-state index in [1.54, 1.807) is 6.07 Å². The summed E-state index contributed by atoms with van der Waals surface area (Å²) in [4.78, 5) is 35.1. The molecule has 18 heteroatoms. The van der Waals surface area contributed by atoms with Crippen molar-refractivity contribution in [2.24, 2.45) is 11.8 Å². The standard InChI is InChI=1S/C29H37ClN2O5.2C2HF3O2/c1-19(2)20-7-10-32(16-20)28(35)25-5-4-23(33)14-27(25)36-18-24(34)17-31-11-8-29(9-12-31)15-21-13-22(30)3-6-26(21)37-29;2*3-2(4,5)1(6)7/h3-6,13-14,19-20,24,33-34H,7-12,15-18H2,1-2H3;2*(H,6,7)/t20-,24-;;/m0../s1. The molecular formula is C33H39ClF6N2O9. The van der Waals surface area contributed by atoms with Crippen LogP contribution in [0.15, 0.2) is 36.4 Å². The number of halogens is 7. The number of alkyl halides is 6. The number of nitrogens with zero attached hydrogens (tertiary/aromatic N) is 2. The lowest BCUT2D eigenvalue weighted by molar-refractivity contribution is -0.193. The molecular weight excluding hydrogens is 718 g/mol. The molecule has 2 aromatic rings. The second-order valence-corrected chi connectivity index (χ2v) is 13.2. The number of hydrogen-bond acceptors (Lipinski definition) is 8. The number of carboxylic acid groups (broad SMARTS) is 2. The number of aliphatic carboxylic acids is 2. The van der Waals surface area contributed by atoms with E-state index >= 15 is 0 Å². The maximum Gasteiger partial charge on any atom is 0.490 e. The van der Waals surface area contributed by atoms with Crippen LogP contribution in [0.25, 0.3) is 0 Å². The molecule has 3 aliphatic rings. The van der Waals surface area contributed by atoms with Crippen molar-refractivity contribution in [2.75, 3.05) is 39.3 Å². The summed E-state index contributed by atoms with van der Waals surface area (Å²) >= 11 is 6.15. The Hall–Kier alpha value is -3.96. The SMILES string of the molecule is CC(C)[C@H]1CCN(C(=O)c2ccc(O)cc2OC[C@@H](O)CN2CCC3(CC2)Cc2cc(Cl)ccc2O3)C1.O=C(O)C(F)(F)F.O=C(O)C(F)(F)F. The number of fused-ring (bicyclic) bond motifs is 1. The number of carbonyl (C=O) groups is 3. The fraction of sp³-hybridized carbons (Fsp3) is 0.545. The van der Waals surface area contributed by atoms with Crippen LogP contribution < -0.4 is 9.47 Å². The summed E-state index contributed by atoms with van der Waals surface area (Å²) in [6, 6.07) is 10.4. The molecule has 0 bridgehead atoms. The summed E-state index contributed by atoms with van der Waals surface area (Å²) in [5.74, 6) is -3.31. The van der Waals surface area contributed by atoms with Crippen LogP contribution in [0.4, 0.5) is 26.3 Å². The summed E-state index contributed by atoms with van der Waals surface area (Å²) in [6.07, 6.45) is -7.27. The number of carbonyl (C=O) groups excluding carboxylic acids is 1. The van der Waals surface area contributed by atoms with Crippen LogP contribution in [0, 0.1) is 11.8 Å². The zero-order valence-corrected chi connectivity index (χ0v) is 28.4. The lowest BCUT2D eigenvalue weighted by atomic mass is 9.87. The molecule has 1 spiro atoms. The van der Waals surface area contributed by atoms with E-state index in [2.05, 4.69) is 18.7 Å². The number of phenolic OH excluding ortho intramolecular Hbond substituents is 1. The van der Waals surface area contributed by atoms with Crippen LogP contribution in [0.1, 0.15) is 49.0 Å². The number of aliphatic hydroxyl groups is 1. The number of ether oxygens (including phenoxy) is 2. The molecule has 4 N–H and O–H groups in total. The Labute approximate surface area is 294 Å². The van der Waals surface area contributed by atoms with Crippen molar-refractivity contribution in [3.05, 3.63) is 52.5 Å². The van der Waals surface area contributed by atoms with Gasteiger partial charge in [-0.25, -0.2) is 9.59 Å². The topological polar surface area (TPSA) is 157 Å². The van der Waals surface area contributed by atoms with Gasteiger partial charge in [-0.2, -0.15) is 26.3 Å². The van der Waals surface area contributed by atoms with Gasteiger partial charge in [0.1, 0.15) is 35.6 Å². The number of amides is 1. The number of aromatic hydroxyl groups is 1. The average Bonchev–Trinajstić information content (AvgIpc) is 3.66. The predicted octanol–water partition coefficient (Wildman–Crippen LogP) is 5.64. The maximum atomic E-state index is 13.2. The molecule has 2 saturated heterocycles. The van der Waals surface area contributed by atoms with Gasteiger partial charge in [-0.05, 0) is 54.2 Å². The summed E-state index contributed by atoms with van der Waals surface area (Å²) in [5, 5.41) is 35.7. The van der Waals surface area contributed by atoms with Crippen molar-refractivity contribution in [1.82, 2.24) is 9.80 Å². The van der Waals surface area contributed by atoms with Gasteiger partial charge < -0.3 is 39.7 Å². The van der Waals surface area contributed by atoms with Crippen molar-refractivity contribution in [2.45, 2.75) is 63.6 Å². The second kappa shape index (κ2) is 17.0. The van der Waals surface area contributed by atoms with Crippen molar-refractivity contribution < 1.29 is 70.6 Å². The molecule has 3 heterocycles. The summed E-state index contributed by atoms with van der Waals surface area (Å²) in [7, 11) is 0. The summed E-state index contributed by atoms with van der Waals surface area (Å²) < 4.78 is 75.7. The Balaban J connectivity index is 0.000000424. The largest absolute Gasteiger partial charge is 0.508 e. The van der Waals surface area contributed by atoms with Gasteiger partial charge in [0.15, 0.2) is 0 Å². The molecule has 284 valence electrons. The number of likely N-dealkylation sites (tertiary alicyclic amines) is 2. The Morgan fingerprint density at radius 1 is 0.980 bits per heavy atom. The average molecular weight is 757 g/mol. The summed E-state index contributed by atoms with van der Waals surface area (Å²) in [6.45, 7) is 7.99. The number of aliphatic hydroxyl groups excluding tert-OH is 1. The molecule has 2 fully saturated rings. The minimum absolute atomic E-state index is 0.0303. The van der Waals surface area contributed by atoms with E-state index in [0.717, 1.165) is 62.6 Å². The smallest absolute Gasteiger partial charge is 0.490 e. The maximum absolute atomic E-state index is 13.2. The molecule has 0 aromatic heterocycles. The molecule has 11 nitrogen and oxygen atoms in total. The molecule has 0 radical (unpaired) electrons. The molecule has 51 heavy (non-hydrogen) atoms. The highest BCUT2D eigenvalue weighted by atomic mass is 35.5. The van der Waals surface area contributed by atoms with Gasteiger partial charge in [-0.1, -0.05) is 25.4 Å². The third-order valence-electron chi connectivity index (χ3n) is 8.66. The third kappa shape index (κ3) is 12.1. The number of phenols is 1. The monoisotopic (exact) mass is 756 g/mol. The second-order valence-electron chi connectivity index (χ2n) is 12.8. The van der Waals surface area contributed by atoms with Gasteiger partial charge in [0.2, 0.25) is 0 Å². The van der Waals surface area contributed by atoms with Crippen molar-refractivity contribution in [3.63, 3.8) is 0 Å². The van der Waals surface area contributed by atoms with Crippen LogP contribution >= 0.6 is 11.6 Å². The lowest BCUT2D eigenvalue weighted by Crippen LogP contribution is -2.49. The first kappa shape index (κ1) is 41.5. The highest BCUT2D eigenvalue weighted by Crippen LogP contribution is 2.42. The fourth-order valence-electron chi connectivity index (χ4n) is 5.85. The van der Waals surface area contributed by atoms with Crippen LogP contribution in [-0.2, 0) is 16.0 Å². The molecule has 1 amide bonds. The van der Waals surface area contributed by atoms with Crippen molar-refractivity contribution >= 4 is 29.4 Å². The van der Waals surface area contributed by atoms with E-state index < -0.39 is 30.4 Å². The summed E-state index contributed by atoms with van der Waals surface area (Å²) in [5.41, 5.74) is 1.40. The number of benzene rings is 2. The molecule has 3 aliphatic heterocycles. The lowest BCUT2D eigenvalue weighted by Gasteiger charge is -2.39. The Morgan fingerprint density at radius 2 is 1.57 bits per heavy atom. The van der Waals surface area contributed by atoms with Gasteiger partial charge in [-0.3, -0.25) is 4.79 Å². The quantitative estimate of drug-likeness (QED) is 0.261. The first-order valence-corrected chi connectivity index (χ1v) is 16.2. The number of piperidine rings is 1. The number of β-amino-alcohol motifs (C(OH)–C–C–N with tert-alkyl or cyclic N) is 1. The van der Waals surface area contributed by atoms with E-state index in [4.69, 9.17) is 40.9 Å². The van der Waals surface area contributed by atoms with Crippen LogP contribution in [0.3, 0.4) is 0 Å². The fourth-order valence-corrected chi connectivity index (χ4v) is 6.05. The Morgan fingerprint density at radius 3 is 2.10 bits per heavy atom. The zero-order valence-electron chi connectivity index (χ0n) is 27.6. The minimum atomic E-state index is -5.08. The van der Waals surface area contributed by atoms with Crippen molar-refractivity contribution in [1.29, 1.82) is 0 Å². The number of carboxylic acids is 2. The molecule has 5 rings (SSSR count). The number of rotatable bonds is 7. The van der Waals surface area contributed by atoms with Crippen LogP contribution in [-0.4, -0.2) is 111 Å². The predicted molar refractivity (Wildman–Crippen MR) is 170 cm³/mol.